The van der Waals surface area contributed by atoms with Gasteiger partial charge in [0.1, 0.15) is 11.3 Å². The first-order valence-electron chi connectivity index (χ1n) is 8.06. The summed E-state index contributed by atoms with van der Waals surface area (Å²) in [6.45, 7) is -0.620. The van der Waals surface area contributed by atoms with Crippen molar-refractivity contribution in [3.05, 3.63) is 66.2 Å². The van der Waals surface area contributed by atoms with Crippen LogP contribution in [0.15, 0.2) is 65.6 Å². The number of primary sulfonamides is 1. The number of benzene rings is 3. The number of fused-ring (bicyclic) bond motifs is 1. The fourth-order valence-electron chi connectivity index (χ4n) is 2.58. The van der Waals surface area contributed by atoms with Gasteiger partial charge in [0, 0.05) is 11.1 Å². The van der Waals surface area contributed by atoms with Crippen molar-refractivity contribution >= 4 is 38.4 Å². The summed E-state index contributed by atoms with van der Waals surface area (Å²) in [7, 11) is -3.91. The molecule has 0 atom stereocenters. The monoisotopic (exact) mass is 400 g/mol. The van der Waals surface area contributed by atoms with E-state index in [2.05, 4.69) is 5.32 Å². The van der Waals surface area contributed by atoms with Crippen LogP contribution in [0.2, 0.25) is 0 Å². The summed E-state index contributed by atoms with van der Waals surface area (Å²) in [6, 6.07) is 15.4. The van der Waals surface area contributed by atoms with E-state index in [1.54, 1.807) is 30.3 Å². The van der Waals surface area contributed by atoms with Crippen LogP contribution in [-0.2, 0) is 19.6 Å². The van der Waals surface area contributed by atoms with Gasteiger partial charge in [-0.05, 0) is 29.7 Å². The summed E-state index contributed by atoms with van der Waals surface area (Å²) in [6.07, 6.45) is 0. The molecule has 144 valence electrons. The van der Waals surface area contributed by atoms with Gasteiger partial charge in [0.05, 0.1) is 4.90 Å². The van der Waals surface area contributed by atoms with E-state index < -0.39 is 28.5 Å². The molecule has 0 fully saturated rings. The summed E-state index contributed by atoms with van der Waals surface area (Å²) < 4.78 is 27.6. The molecule has 0 aliphatic carbocycles. The van der Waals surface area contributed by atoms with Crippen LogP contribution in [-0.4, -0.2) is 32.0 Å². The topological polar surface area (TPSA) is 136 Å². The Morgan fingerprint density at radius 3 is 2.54 bits per heavy atom. The first kappa shape index (κ1) is 19.3. The second-order valence-electron chi connectivity index (χ2n) is 5.88. The Morgan fingerprint density at radius 2 is 1.79 bits per heavy atom. The summed E-state index contributed by atoms with van der Waals surface area (Å²) in [4.78, 5) is 24.0. The van der Waals surface area contributed by atoms with Gasteiger partial charge in [-0.15, -0.1) is 0 Å². The zero-order valence-electron chi connectivity index (χ0n) is 14.5. The molecule has 0 aliphatic rings. The minimum absolute atomic E-state index is 0.0669. The molecule has 1 amide bonds. The average Bonchev–Trinajstić information content (AvgIpc) is 2.66. The third-order valence-corrected chi connectivity index (χ3v) is 4.81. The largest absolute Gasteiger partial charge is 0.506 e. The van der Waals surface area contributed by atoms with Crippen molar-refractivity contribution in [1.29, 1.82) is 0 Å². The van der Waals surface area contributed by atoms with Crippen LogP contribution in [0.3, 0.4) is 0 Å². The maximum absolute atomic E-state index is 12.2. The van der Waals surface area contributed by atoms with E-state index in [0.717, 1.165) is 5.39 Å². The van der Waals surface area contributed by atoms with Crippen molar-refractivity contribution in [3.63, 3.8) is 0 Å². The van der Waals surface area contributed by atoms with Crippen LogP contribution in [0.5, 0.6) is 5.75 Å². The number of ether oxygens (including phenoxy) is 1. The van der Waals surface area contributed by atoms with E-state index in [1.807, 2.05) is 0 Å². The number of aromatic hydroxyl groups is 1. The first-order chi connectivity index (χ1) is 13.3. The van der Waals surface area contributed by atoms with Crippen LogP contribution in [0.25, 0.3) is 10.8 Å². The summed E-state index contributed by atoms with van der Waals surface area (Å²) >= 11 is 0. The number of esters is 1. The molecule has 0 unspecified atom stereocenters. The molecular formula is C19H16N2O6S. The number of anilines is 1. The van der Waals surface area contributed by atoms with E-state index in [0.29, 0.717) is 5.39 Å². The van der Waals surface area contributed by atoms with Gasteiger partial charge in [-0.3, -0.25) is 4.79 Å². The highest BCUT2D eigenvalue weighted by Crippen LogP contribution is 2.29. The Balaban J connectivity index is 1.67. The maximum Gasteiger partial charge on any atom is 0.342 e. The van der Waals surface area contributed by atoms with Crippen LogP contribution in [0.1, 0.15) is 10.4 Å². The molecule has 3 rings (SSSR count). The molecule has 0 heterocycles. The molecule has 0 bridgehead atoms. The number of phenols is 1. The highest BCUT2D eigenvalue weighted by atomic mass is 32.2. The Bertz CT molecular complexity index is 1170. The third-order valence-electron chi connectivity index (χ3n) is 3.90. The molecule has 9 heteroatoms. The average molecular weight is 400 g/mol. The van der Waals surface area contributed by atoms with E-state index in [4.69, 9.17) is 9.88 Å². The van der Waals surface area contributed by atoms with E-state index >= 15 is 0 Å². The number of rotatable bonds is 5. The number of amides is 1. The van der Waals surface area contributed by atoms with Crippen LogP contribution in [0.4, 0.5) is 5.69 Å². The minimum atomic E-state index is -3.91. The highest BCUT2D eigenvalue weighted by Gasteiger charge is 2.17. The molecule has 0 saturated carbocycles. The molecular weight excluding hydrogens is 384 g/mol. The van der Waals surface area contributed by atoms with Crippen molar-refractivity contribution < 1.29 is 27.9 Å². The molecule has 0 radical (unpaired) electrons. The number of hydrogen-bond donors (Lipinski definition) is 3. The Hall–Kier alpha value is -3.43. The number of hydrogen-bond acceptors (Lipinski definition) is 6. The van der Waals surface area contributed by atoms with Crippen molar-refractivity contribution in [1.82, 2.24) is 0 Å². The number of carbonyl (C=O) groups excluding carboxylic acids is 2. The second-order valence-corrected chi connectivity index (χ2v) is 7.44. The third kappa shape index (κ3) is 4.27. The normalized spacial score (nSPS) is 11.2. The first-order valence-corrected chi connectivity index (χ1v) is 9.61. The minimum Gasteiger partial charge on any atom is -0.506 e. The highest BCUT2D eigenvalue weighted by molar-refractivity contribution is 7.89. The lowest BCUT2D eigenvalue weighted by Gasteiger charge is -2.09. The van der Waals surface area contributed by atoms with Crippen molar-refractivity contribution in [3.8, 4) is 5.75 Å². The predicted molar refractivity (Wildman–Crippen MR) is 102 cm³/mol. The molecule has 0 aliphatic heterocycles. The zero-order chi connectivity index (χ0) is 20.3. The smallest absolute Gasteiger partial charge is 0.342 e. The van der Waals surface area contributed by atoms with Gasteiger partial charge in [0.25, 0.3) is 5.91 Å². The maximum atomic E-state index is 12.2. The molecule has 0 saturated heterocycles. The van der Waals surface area contributed by atoms with Gasteiger partial charge in [0.15, 0.2) is 6.61 Å². The van der Waals surface area contributed by atoms with Crippen molar-refractivity contribution in [2.24, 2.45) is 5.14 Å². The molecule has 3 aromatic carbocycles. The number of phenolic OH excluding ortho intramolecular Hbond substituents is 1. The Labute approximate surface area is 160 Å². The zero-order valence-corrected chi connectivity index (χ0v) is 15.3. The van der Waals surface area contributed by atoms with E-state index in [9.17, 15) is 23.1 Å². The quantitative estimate of drug-likeness (QED) is 0.561. The SMILES string of the molecule is NS(=O)(=O)c1cccc(NC(=O)COC(=O)c2ccc3ccccc3c2O)c1. The lowest BCUT2D eigenvalue weighted by atomic mass is 10.1. The fraction of sp³-hybridized carbons (Fsp3) is 0.0526. The van der Waals surface area contributed by atoms with Crippen LogP contribution >= 0.6 is 0 Å². The van der Waals surface area contributed by atoms with Gasteiger partial charge < -0.3 is 15.2 Å². The Morgan fingerprint density at radius 1 is 1.04 bits per heavy atom. The number of sulfonamides is 1. The molecule has 0 spiro atoms. The standard InChI is InChI=1S/C19H16N2O6S/c20-28(25,26)14-6-3-5-13(10-14)21-17(22)11-27-19(24)16-9-8-12-4-1-2-7-15(12)18(16)23/h1-10,23H,11H2,(H,21,22)(H2,20,25,26). The van der Waals surface area contributed by atoms with Crippen LogP contribution < -0.4 is 10.5 Å². The summed E-state index contributed by atoms with van der Waals surface area (Å²) in [5.74, 6) is -1.78. The summed E-state index contributed by atoms with van der Waals surface area (Å²) in [5.41, 5.74) is 0.115. The van der Waals surface area contributed by atoms with Gasteiger partial charge in [-0.25, -0.2) is 18.4 Å². The van der Waals surface area contributed by atoms with Crippen LogP contribution in [0, 0.1) is 0 Å². The predicted octanol–water partition coefficient (Wildman–Crippen LogP) is 1.99. The van der Waals surface area contributed by atoms with Gasteiger partial charge in [-0.1, -0.05) is 36.4 Å². The lowest BCUT2D eigenvalue weighted by Crippen LogP contribution is -2.21. The molecule has 4 N–H and O–H groups in total. The number of carbonyl (C=O) groups is 2. The fourth-order valence-corrected chi connectivity index (χ4v) is 3.14. The Kier molecular flexibility index (Phi) is 5.30. The van der Waals surface area contributed by atoms with E-state index in [1.165, 1.54) is 30.3 Å². The molecule has 8 nitrogen and oxygen atoms in total. The van der Waals surface area contributed by atoms with Crippen molar-refractivity contribution in [2.75, 3.05) is 11.9 Å². The molecule has 3 aromatic rings. The second kappa shape index (κ2) is 7.67. The van der Waals surface area contributed by atoms with Crippen molar-refractivity contribution in [2.45, 2.75) is 4.90 Å². The van der Waals surface area contributed by atoms with Gasteiger partial charge in [-0.2, -0.15) is 0 Å². The van der Waals surface area contributed by atoms with Gasteiger partial charge >= 0.3 is 5.97 Å². The summed E-state index contributed by atoms with van der Waals surface area (Å²) in [5, 5.41) is 18.9. The lowest BCUT2D eigenvalue weighted by molar-refractivity contribution is -0.119. The van der Waals surface area contributed by atoms with E-state index in [-0.39, 0.29) is 21.9 Å². The molecule has 28 heavy (non-hydrogen) atoms. The number of nitrogens with one attached hydrogen (secondary N) is 1. The van der Waals surface area contributed by atoms with Gasteiger partial charge in [0.2, 0.25) is 10.0 Å². The molecule has 0 aromatic heterocycles. The number of nitrogens with two attached hydrogens (primary N) is 1.